The van der Waals surface area contributed by atoms with Crippen LogP contribution in [0.2, 0.25) is 5.02 Å². The molecular weight excluding hydrogens is 476 g/mol. The zero-order chi connectivity index (χ0) is 25.1. The lowest BCUT2D eigenvalue weighted by molar-refractivity contribution is -0.126. The first-order valence-corrected chi connectivity index (χ1v) is 12.6. The van der Waals surface area contributed by atoms with E-state index in [0.29, 0.717) is 23.8 Å². The molecule has 1 amide bonds. The molecule has 0 saturated heterocycles. The van der Waals surface area contributed by atoms with Gasteiger partial charge in [0.25, 0.3) is 0 Å². The fourth-order valence-electron chi connectivity index (χ4n) is 4.71. The Morgan fingerprint density at radius 3 is 2.61 bits per heavy atom. The first-order valence-electron chi connectivity index (χ1n) is 12.2. The third-order valence-electron chi connectivity index (χ3n) is 6.57. The number of carbonyl (C=O) groups excluding carboxylic acids is 1. The molecule has 2 N–H and O–H groups in total. The Labute approximate surface area is 214 Å². The van der Waals surface area contributed by atoms with E-state index in [1.165, 1.54) is 0 Å². The Bertz CT molecular complexity index is 1340. The van der Waals surface area contributed by atoms with Crippen molar-refractivity contribution in [2.24, 2.45) is 5.92 Å². The largest absolute Gasteiger partial charge is 0.352 e. The molecule has 4 aromatic heterocycles. The van der Waals surface area contributed by atoms with Crippen molar-refractivity contribution in [2.45, 2.75) is 58.4 Å². The fourth-order valence-corrected chi connectivity index (χ4v) is 4.85. The van der Waals surface area contributed by atoms with Crippen molar-refractivity contribution in [3.05, 3.63) is 82.0 Å². The molecule has 1 aliphatic rings. The summed E-state index contributed by atoms with van der Waals surface area (Å²) in [5, 5.41) is 15.1. The molecule has 0 unspecified atom stereocenters. The summed E-state index contributed by atoms with van der Waals surface area (Å²) in [6.07, 6.45) is 9.18. The molecule has 1 fully saturated rings. The minimum absolute atomic E-state index is 0.0102. The second-order valence-corrected chi connectivity index (χ2v) is 9.91. The summed E-state index contributed by atoms with van der Waals surface area (Å²) in [5.41, 5.74) is 4.91. The lowest BCUT2D eigenvalue weighted by Crippen LogP contribution is -2.32. The van der Waals surface area contributed by atoms with Gasteiger partial charge in [-0.25, -0.2) is 19.6 Å². The number of rotatable bonds is 7. The molecule has 36 heavy (non-hydrogen) atoms. The summed E-state index contributed by atoms with van der Waals surface area (Å²) in [7, 11) is 0. The molecule has 0 atom stereocenters. The maximum atomic E-state index is 12.8. The smallest absolute Gasteiger partial charge is 0.223 e. The van der Waals surface area contributed by atoms with Gasteiger partial charge in [0.1, 0.15) is 5.82 Å². The van der Waals surface area contributed by atoms with Crippen molar-refractivity contribution in [1.29, 1.82) is 0 Å². The average Bonchev–Trinajstić information content (AvgIpc) is 3.50. The van der Waals surface area contributed by atoms with Crippen LogP contribution >= 0.6 is 11.6 Å². The first-order chi connectivity index (χ1) is 17.4. The van der Waals surface area contributed by atoms with Crippen LogP contribution in [0.25, 0.3) is 5.82 Å². The van der Waals surface area contributed by atoms with E-state index in [1.807, 2.05) is 38.1 Å². The van der Waals surface area contributed by atoms with E-state index in [2.05, 4.69) is 25.6 Å². The van der Waals surface area contributed by atoms with Gasteiger partial charge < -0.3 is 5.32 Å². The van der Waals surface area contributed by atoms with Crippen molar-refractivity contribution in [2.75, 3.05) is 0 Å². The number of hydrogen-bond acceptors (Lipinski definition) is 6. The number of nitrogens with one attached hydrogen (secondary N) is 2. The van der Waals surface area contributed by atoms with Crippen molar-refractivity contribution in [1.82, 2.24) is 40.2 Å². The van der Waals surface area contributed by atoms with E-state index in [0.717, 1.165) is 59.8 Å². The number of aryl methyl sites for hydroxylation is 2. The van der Waals surface area contributed by atoms with Gasteiger partial charge >= 0.3 is 0 Å². The lowest BCUT2D eigenvalue weighted by Gasteiger charge is -2.27. The standard InChI is InChI=1S/C26H29ClN8O/c1-16-9-22(11-23-10-17(2)33-34-23)32-25(31-16)19-4-6-20(7-5-19)26(36)29-13-18-3-8-24(28-12-18)35-15-21(27)14-30-35/h3,8-10,12,14-15,19-20H,4-7,11,13H2,1-2H3,(H,29,36)(H,33,34). The van der Waals surface area contributed by atoms with E-state index in [1.54, 1.807) is 23.3 Å². The summed E-state index contributed by atoms with van der Waals surface area (Å²) in [6, 6.07) is 7.87. The maximum Gasteiger partial charge on any atom is 0.223 e. The van der Waals surface area contributed by atoms with Crippen LogP contribution < -0.4 is 5.32 Å². The van der Waals surface area contributed by atoms with E-state index in [9.17, 15) is 4.79 Å². The number of amides is 1. The van der Waals surface area contributed by atoms with E-state index in [4.69, 9.17) is 21.6 Å². The van der Waals surface area contributed by atoms with Crippen LogP contribution in [-0.4, -0.2) is 40.8 Å². The van der Waals surface area contributed by atoms with E-state index in [-0.39, 0.29) is 17.7 Å². The van der Waals surface area contributed by atoms with Gasteiger partial charge in [0.2, 0.25) is 5.91 Å². The molecule has 4 aromatic rings. The molecule has 4 heterocycles. The van der Waals surface area contributed by atoms with Crippen LogP contribution in [0.1, 0.15) is 65.8 Å². The molecule has 9 nitrogen and oxygen atoms in total. The Morgan fingerprint density at radius 1 is 1.11 bits per heavy atom. The van der Waals surface area contributed by atoms with Gasteiger partial charge in [0.15, 0.2) is 5.82 Å². The molecule has 5 rings (SSSR count). The number of carbonyl (C=O) groups is 1. The Hall–Kier alpha value is -3.59. The van der Waals surface area contributed by atoms with E-state index < -0.39 is 0 Å². The summed E-state index contributed by atoms with van der Waals surface area (Å²) < 4.78 is 1.61. The van der Waals surface area contributed by atoms with Gasteiger partial charge in [-0.3, -0.25) is 9.89 Å². The zero-order valence-corrected chi connectivity index (χ0v) is 21.2. The van der Waals surface area contributed by atoms with Crippen molar-refractivity contribution < 1.29 is 4.79 Å². The number of pyridine rings is 1. The number of halogens is 1. The summed E-state index contributed by atoms with van der Waals surface area (Å²) >= 11 is 5.92. The second kappa shape index (κ2) is 10.6. The molecule has 0 spiro atoms. The third kappa shape index (κ3) is 5.79. The number of hydrogen-bond donors (Lipinski definition) is 2. The van der Waals surface area contributed by atoms with Gasteiger partial charge in [-0.05, 0) is 63.3 Å². The molecule has 1 aliphatic carbocycles. The van der Waals surface area contributed by atoms with E-state index >= 15 is 0 Å². The number of H-pyrrole nitrogens is 1. The topological polar surface area (TPSA) is 114 Å². The van der Waals surface area contributed by atoms with Gasteiger partial charge in [0, 0.05) is 42.4 Å². The zero-order valence-electron chi connectivity index (χ0n) is 20.4. The summed E-state index contributed by atoms with van der Waals surface area (Å²) in [4.78, 5) is 26.8. The van der Waals surface area contributed by atoms with Crippen LogP contribution in [0.5, 0.6) is 0 Å². The van der Waals surface area contributed by atoms with Crippen LogP contribution in [0.3, 0.4) is 0 Å². The van der Waals surface area contributed by atoms with Crippen molar-refractivity contribution >= 4 is 17.5 Å². The fraction of sp³-hybridized carbons (Fsp3) is 0.385. The maximum absolute atomic E-state index is 12.8. The molecule has 0 aliphatic heterocycles. The average molecular weight is 505 g/mol. The molecule has 0 aromatic carbocycles. The van der Waals surface area contributed by atoms with Crippen LogP contribution in [0.15, 0.2) is 42.9 Å². The molecule has 186 valence electrons. The highest BCUT2D eigenvalue weighted by atomic mass is 35.5. The second-order valence-electron chi connectivity index (χ2n) is 9.47. The van der Waals surface area contributed by atoms with Crippen molar-refractivity contribution in [3.8, 4) is 5.82 Å². The SMILES string of the molecule is Cc1cc(Cc2cc(C)[nH]n2)nc(C2CCC(C(=O)NCc3ccc(-n4cc(Cl)cn4)nc3)CC2)n1. The quantitative estimate of drug-likeness (QED) is 0.389. The minimum atomic E-state index is 0.0102. The van der Waals surface area contributed by atoms with Gasteiger partial charge in [-0.15, -0.1) is 0 Å². The third-order valence-corrected chi connectivity index (χ3v) is 6.77. The normalized spacial score (nSPS) is 17.8. The number of aromatic nitrogens is 7. The highest BCUT2D eigenvalue weighted by Crippen LogP contribution is 2.34. The van der Waals surface area contributed by atoms with Gasteiger partial charge in [-0.1, -0.05) is 17.7 Å². The van der Waals surface area contributed by atoms with Crippen LogP contribution in [0.4, 0.5) is 0 Å². The highest BCUT2D eigenvalue weighted by Gasteiger charge is 2.28. The minimum Gasteiger partial charge on any atom is -0.352 e. The molecular formula is C26H29ClN8O. The first kappa shape index (κ1) is 24.1. The van der Waals surface area contributed by atoms with Crippen LogP contribution in [0, 0.1) is 19.8 Å². The Kier molecular flexibility index (Phi) is 7.09. The molecule has 0 radical (unpaired) electrons. The van der Waals surface area contributed by atoms with Gasteiger partial charge in [0.05, 0.1) is 28.8 Å². The molecule has 10 heteroatoms. The van der Waals surface area contributed by atoms with Gasteiger partial charge in [-0.2, -0.15) is 10.2 Å². The predicted molar refractivity (Wildman–Crippen MR) is 136 cm³/mol. The monoisotopic (exact) mass is 504 g/mol. The molecule has 0 bridgehead atoms. The number of aromatic amines is 1. The number of nitrogens with zero attached hydrogens (tertiary/aromatic N) is 6. The summed E-state index contributed by atoms with van der Waals surface area (Å²) in [6.45, 7) is 4.45. The predicted octanol–water partition coefficient (Wildman–Crippen LogP) is 4.23. The Morgan fingerprint density at radius 2 is 1.94 bits per heavy atom. The Balaban J connectivity index is 1.13. The van der Waals surface area contributed by atoms with Crippen molar-refractivity contribution in [3.63, 3.8) is 0 Å². The van der Waals surface area contributed by atoms with Crippen LogP contribution in [-0.2, 0) is 17.8 Å². The molecule has 1 saturated carbocycles. The summed E-state index contributed by atoms with van der Waals surface area (Å²) in [5.74, 6) is 1.95. The lowest BCUT2D eigenvalue weighted by atomic mass is 9.81. The highest BCUT2D eigenvalue weighted by molar-refractivity contribution is 6.30.